The van der Waals surface area contributed by atoms with Gasteiger partial charge in [-0.05, 0) is 50.5 Å². The van der Waals surface area contributed by atoms with Gasteiger partial charge in [0, 0.05) is 0 Å². The zero-order valence-electron chi connectivity index (χ0n) is 9.80. The summed E-state index contributed by atoms with van der Waals surface area (Å²) < 4.78 is 5.08. The highest BCUT2D eigenvalue weighted by Gasteiger charge is 2.20. The number of likely N-dealkylation sites (tertiary alicyclic amines) is 1. The molecule has 0 atom stereocenters. The lowest BCUT2D eigenvalue weighted by molar-refractivity contribution is 0.0870. The zero-order chi connectivity index (χ0) is 11.4. The molecule has 17 heavy (non-hydrogen) atoms. The number of halogens is 1. The van der Waals surface area contributed by atoms with Crippen LogP contribution < -0.4 is 5.73 Å². The molecule has 2 N–H and O–H groups in total. The van der Waals surface area contributed by atoms with Gasteiger partial charge in [0.15, 0.2) is 5.76 Å². The Balaban J connectivity index is 0.00000144. The summed E-state index contributed by atoms with van der Waals surface area (Å²) in [4.78, 5) is 13.9. The van der Waals surface area contributed by atoms with Gasteiger partial charge in [-0.15, -0.1) is 12.4 Å². The first-order valence-electron chi connectivity index (χ1n) is 5.78. The highest BCUT2D eigenvalue weighted by Crippen LogP contribution is 2.16. The van der Waals surface area contributed by atoms with E-state index in [-0.39, 0.29) is 18.2 Å². The molecule has 0 aromatic carbocycles. The van der Waals surface area contributed by atoms with Crippen LogP contribution in [0.2, 0.25) is 0 Å². The van der Waals surface area contributed by atoms with E-state index in [9.17, 15) is 4.79 Å². The van der Waals surface area contributed by atoms with Crippen molar-refractivity contribution in [1.82, 2.24) is 4.90 Å². The van der Waals surface area contributed by atoms with Crippen molar-refractivity contribution in [2.75, 3.05) is 26.2 Å². The normalized spacial score (nSPS) is 17.7. The molecule has 2 rings (SSSR count). The van der Waals surface area contributed by atoms with E-state index in [0.29, 0.717) is 18.2 Å². The monoisotopic (exact) mass is 258 g/mol. The summed E-state index contributed by atoms with van der Waals surface area (Å²) in [7, 11) is 0. The number of furan rings is 1. The fraction of sp³-hybridized carbons (Fsp3) is 0.583. The van der Waals surface area contributed by atoms with Crippen molar-refractivity contribution in [3.05, 3.63) is 24.2 Å². The van der Waals surface area contributed by atoms with Gasteiger partial charge in [-0.2, -0.15) is 0 Å². The fourth-order valence-corrected chi connectivity index (χ4v) is 2.10. The molecule has 1 fully saturated rings. The van der Waals surface area contributed by atoms with Crippen LogP contribution in [0.25, 0.3) is 0 Å². The standard InChI is InChI=1S/C12H18N2O2.ClH/c13-8-10-3-5-14(6-4-10)9-11(15)12-2-1-7-16-12;/h1-2,7,10H,3-6,8-9,13H2;1H. The van der Waals surface area contributed by atoms with Crippen LogP contribution in [-0.4, -0.2) is 36.9 Å². The van der Waals surface area contributed by atoms with Gasteiger partial charge in [0.2, 0.25) is 5.78 Å². The molecule has 2 heterocycles. The Morgan fingerprint density at radius 3 is 2.71 bits per heavy atom. The van der Waals surface area contributed by atoms with Crippen molar-refractivity contribution in [2.45, 2.75) is 12.8 Å². The smallest absolute Gasteiger partial charge is 0.211 e. The molecule has 0 aliphatic carbocycles. The molecule has 5 heteroatoms. The Labute approximate surface area is 108 Å². The predicted octanol–water partition coefficient (Wildman–Crippen LogP) is 1.55. The fourth-order valence-electron chi connectivity index (χ4n) is 2.10. The highest BCUT2D eigenvalue weighted by atomic mass is 35.5. The summed E-state index contributed by atoms with van der Waals surface area (Å²) >= 11 is 0. The molecule has 0 bridgehead atoms. The van der Waals surface area contributed by atoms with Crippen molar-refractivity contribution in [3.63, 3.8) is 0 Å². The Kier molecular flexibility index (Phi) is 5.68. The van der Waals surface area contributed by atoms with Crippen molar-refractivity contribution < 1.29 is 9.21 Å². The molecule has 4 nitrogen and oxygen atoms in total. The van der Waals surface area contributed by atoms with Gasteiger partial charge < -0.3 is 10.2 Å². The van der Waals surface area contributed by atoms with Crippen LogP contribution in [0, 0.1) is 5.92 Å². The average Bonchev–Trinajstić information content (AvgIpc) is 2.83. The number of hydrogen-bond donors (Lipinski definition) is 1. The molecule has 0 saturated carbocycles. The second-order valence-electron chi connectivity index (χ2n) is 4.36. The van der Waals surface area contributed by atoms with E-state index >= 15 is 0 Å². The summed E-state index contributed by atoms with van der Waals surface area (Å²) in [6.45, 7) is 3.16. The van der Waals surface area contributed by atoms with Crippen LogP contribution in [0.15, 0.2) is 22.8 Å². The third kappa shape index (κ3) is 3.84. The number of nitrogens with zero attached hydrogens (tertiary/aromatic N) is 1. The minimum absolute atomic E-state index is 0. The van der Waals surface area contributed by atoms with E-state index in [4.69, 9.17) is 10.2 Å². The number of carbonyl (C=O) groups is 1. The summed E-state index contributed by atoms with van der Waals surface area (Å²) in [6.07, 6.45) is 3.73. The molecule has 1 aromatic heterocycles. The van der Waals surface area contributed by atoms with E-state index in [1.807, 2.05) is 0 Å². The van der Waals surface area contributed by atoms with Gasteiger partial charge >= 0.3 is 0 Å². The lowest BCUT2D eigenvalue weighted by Gasteiger charge is -2.30. The average molecular weight is 259 g/mol. The summed E-state index contributed by atoms with van der Waals surface area (Å²) in [5, 5.41) is 0. The van der Waals surface area contributed by atoms with Gasteiger partial charge in [-0.25, -0.2) is 0 Å². The Morgan fingerprint density at radius 1 is 1.47 bits per heavy atom. The summed E-state index contributed by atoms with van der Waals surface area (Å²) in [6, 6.07) is 3.46. The maximum atomic E-state index is 11.8. The van der Waals surface area contributed by atoms with E-state index in [2.05, 4.69) is 4.90 Å². The van der Waals surface area contributed by atoms with Gasteiger partial charge in [0.25, 0.3) is 0 Å². The van der Waals surface area contributed by atoms with Crippen molar-refractivity contribution >= 4 is 18.2 Å². The van der Waals surface area contributed by atoms with Gasteiger partial charge in [-0.3, -0.25) is 9.69 Å². The van der Waals surface area contributed by atoms with Gasteiger partial charge in [0.1, 0.15) is 0 Å². The number of ketones is 1. The first-order chi connectivity index (χ1) is 7.79. The lowest BCUT2D eigenvalue weighted by Crippen LogP contribution is -2.39. The number of Topliss-reactive ketones (excluding diaryl/α,β-unsaturated/α-hetero) is 1. The summed E-state index contributed by atoms with van der Waals surface area (Å²) in [5.41, 5.74) is 5.63. The Morgan fingerprint density at radius 2 is 2.18 bits per heavy atom. The molecule has 0 spiro atoms. The minimum Gasteiger partial charge on any atom is -0.461 e. The predicted molar refractivity (Wildman–Crippen MR) is 68.5 cm³/mol. The summed E-state index contributed by atoms with van der Waals surface area (Å²) in [5.74, 6) is 1.16. The largest absolute Gasteiger partial charge is 0.461 e. The van der Waals surface area contributed by atoms with Crippen molar-refractivity contribution in [3.8, 4) is 0 Å². The Hall–Kier alpha value is -0.840. The van der Waals surface area contributed by atoms with Crippen LogP contribution >= 0.6 is 12.4 Å². The van der Waals surface area contributed by atoms with Crippen LogP contribution in [0.4, 0.5) is 0 Å². The van der Waals surface area contributed by atoms with Gasteiger partial charge in [0.05, 0.1) is 12.8 Å². The molecule has 1 saturated heterocycles. The van der Waals surface area contributed by atoms with Crippen LogP contribution in [0.5, 0.6) is 0 Å². The maximum Gasteiger partial charge on any atom is 0.211 e. The molecule has 96 valence electrons. The first-order valence-corrected chi connectivity index (χ1v) is 5.78. The molecule has 0 radical (unpaired) electrons. The lowest BCUT2D eigenvalue weighted by atomic mass is 9.97. The van der Waals surface area contributed by atoms with Crippen LogP contribution in [0.3, 0.4) is 0 Å². The molecule has 1 aliphatic rings. The van der Waals surface area contributed by atoms with E-state index in [1.54, 1.807) is 12.1 Å². The molecule has 1 aromatic rings. The maximum absolute atomic E-state index is 11.8. The number of nitrogens with two attached hydrogens (primary N) is 1. The van der Waals surface area contributed by atoms with Crippen molar-refractivity contribution in [2.24, 2.45) is 11.7 Å². The number of carbonyl (C=O) groups excluding carboxylic acids is 1. The van der Waals surface area contributed by atoms with Gasteiger partial charge in [-0.1, -0.05) is 0 Å². The first kappa shape index (κ1) is 14.2. The molecular weight excluding hydrogens is 240 g/mol. The molecule has 0 unspecified atom stereocenters. The highest BCUT2D eigenvalue weighted by molar-refractivity contribution is 5.94. The van der Waals surface area contributed by atoms with E-state index < -0.39 is 0 Å². The third-order valence-electron chi connectivity index (χ3n) is 3.20. The zero-order valence-corrected chi connectivity index (χ0v) is 10.6. The minimum atomic E-state index is 0. The molecular formula is C12H19ClN2O2. The number of hydrogen-bond acceptors (Lipinski definition) is 4. The third-order valence-corrected chi connectivity index (χ3v) is 3.20. The SMILES string of the molecule is Cl.NCC1CCN(CC(=O)c2ccco2)CC1. The quantitative estimate of drug-likeness (QED) is 0.833. The Bertz CT molecular complexity index is 332. The van der Waals surface area contributed by atoms with Crippen LogP contribution in [0.1, 0.15) is 23.4 Å². The second kappa shape index (κ2) is 6.79. The topological polar surface area (TPSA) is 59.5 Å². The second-order valence-corrected chi connectivity index (χ2v) is 4.36. The van der Waals surface area contributed by atoms with Crippen LogP contribution in [-0.2, 0) is 0 Å². The molecule has 0 amide bonds. The number of piperidine rings is 1. The number of rotatable bonds is 4. The van der Waals surface area contributed by atoms with E-state index in [0.717, 1.165) is 32.5 Å². The molecule has 1 aliphatic heterocycles. The van der Waals surface area contributed by atoms with E-state index in [1.165, 1.54) is 6.26 Å². The van der Waals surface area contributed by atoms with Crippen molar-refractivity contribution in [1.29, 1.82) is 0 Å².